The topological polar surface area (TPSA) is 72.9 Å². The Morgan fingerprint density at radius 2 is 1.59 bits per heavy atom. The first kappa shape index (κ1) is 25.0. The van der Waals surface area contributed by atoms with E-state index in [9.17, 15) is 14.4 Å². The van der Waals surface area contributed by atoms with E-state index < -0.39 is 11.6 Å². The Morgan fingerprint density at radius 3 is 2.21 bits per heavy atom. The van der Waals surface area contributed by atoms with Gasteiger partial charge in [0.05, 0.1) is 13.7 Å². The summed E-state index contributed by atoms with van der Waals surface area (Å²) in [4.78, 5) is 38.2. The number of rotatable bonds is 8. The van der Waals surface area contributed by atoms with Crippen LogP contribution in [0.1, 0.15) is 50.3 Å². The van der Waals surface area contributed by atoms with Gasteiger partial charge in [-0.15, -0.1) is 0 Å². The molecule has 2 aromatic carbocycles. The standard InChI is InChI=1S/C28H31NO5/c1-28(2,3)34-26(31)17-12-20-8-10-22(11-9-20)19-29(27(32)23-14-15-23)24-7-5-6-21(18-24)13-16-25(30)33-4/h5-13,16-18,23H,14-15,19H2,1-4H3/b16-13+,17-12+. The molecule has 0 spiro atoms. The molecule has 178 valence electrons. The van der Waals surface area contributed by atoms with E-state index in [1.165, 1.54) is 19.3 Å². The number of ether oxygens (including phenoxy) is 2. The third-order valence-corrected chi connectivity index (χ3v) is 5.13. The summed E-state index contributed by atoms with van der Waals surface area (Å²) in [7, 11) is 1.33. The van der Waals surface area contributed by atoms with Crippen LogP contribution >= 0.6 is 0 Å². The van der Waals surface area contributed by atoms with Crippen LogP contribution in [-0.2, 0) is 30.4 Å². The summed E-state index contributed by atoms with van der Waals surface area (Å²) in [5, 5.41) is 0. The van der Waals surface area contributed by atoms with Crippen molar-refractivity contribution in [1.29, 1.82) is 0 Å². The number of hydrogen-bond donors (Lipinski definition) is 0. The molecule has 0 aromatic heterocycles. The molecule has 0 N–H and O–H groups in total. The van der Waals surface area contributed by atoms with Crippen LogP contribution < -0.4 is 4.90 Å². The van der Waals surface area contributed by atoms with Gasteiger partial charge in [0.1, 0.15) is 5.60 Å². The van der Waals surface area contributed by atoms with Crippen molar-refractivity contribution >= 4 is 35.7 Å². The molecule has 2 aromatic rings. The first-order valence-corrected chi connectivity index (χ1v) is 11.3. The molecule has 0 heterocycles. The number of benzene rings is 2. The monoisotopic (exact) mass is 461 g/mol. The number of hydrogen-bond acceptors (Lipinski definition) is 5. The van der Waals surface area contributed by atoms with Crippen LogP contribution in [0.2, 0.25) is 0 Å². The summed E-state index contributed by atoms with van der Waals surface area (Å²) >= 11 is 0. The molecule has 1 aliphatic rings. The summed E-state index contributed by atoms with van der Waals surface area (Å²) in [5.41, 5.74) is 2.88. The predicted octanol–water partition coefficient (Wildman–Crippen LogP) is 5.17. The number of nitrogens with zero attached hydrogens (tertiary/aromatic N) is 1. The molecule has 3 rings (SSSR count). The molecular weight excluding hydrogens is 430 g/mol. The van der Waals surface area contributed by atoms with Gasteiger partial charge in [0.25, 0.3) is 0 Å². The van der Waals surface area contributed by atoms with E-state index in [1.807, 2.05) is 69.3 Å². The number of methoxy groups -OCH3 is 1. The maximum atomic E-state index is 13.1. The van der Waals surface area contributed by atoms with Gasteiger partial charge in [0.15, 0.2) is 0 Å². The third kappa shape index (κ3) is 7.73. The van der Waals surface area contributed by atoms with Gasteiger partial charge >= 0.3 is 11.9 Å². The van der Waals surface area contributed by atoms with Crippen LogP contribution in [0.25, 0.3) is 12.2 Å². The van der Waals surface area contributed by atoms with Crippen LogP contribution in [0, 0.1) is 5.92 Å². The van der Waals surface area contributed by atoms with E-state index in [1.54, 1.807) is 17.1 Å². The molecule has 0 unspecified atom stereocenters. The van der Waals surface area contributed by atoms with E-state index >= 15 is 0 Å². The Kier molecular flexibility index (Phi) is 8.05. The average Bonchev–Trinajstić information content (AvgIpc) is 3.64. The largest absolute Gasteiger partial charge is 0.466 e. The molecule has 0 radical (unpaired) electrons. The van der Waals surface area contributed by atoms with Crippen molar-refractivity contribution in [3.63, 3.8) is 0 Å². The Morgan fingerprint density at radius 1 is 0.941 bits per heavy atom. The summed E-state index contributed by atoms with van der Waals surface area (Å²) in [6, 6.07) is 15.2. The zero-order valence-electron chi connectivity index (χ0n) is 20.1. The Bertz CT molecular complexity index is 1090. The fraction of sp³-hybridized carbons (Fsp3) is 0.321. The molecule has 0 atom stereocenters. The lowest BCUT2D eigenvalue weighted by atomic mass is 10.1. The number of amides is 1. The summed E-state index contributed by atoms with van der Waals surface area (Å²) in [5.74, 6) is -0.663. The van der Waals surface area contributed by atoms with Crippen LogP contribution in [0.4, 0.5) is 5.69 Å². The number of carbonyl (C=O) groups excluding carboxylic acids is 3. The van der Waals surface area contributed by atoms with Crippen molar-refractivity contribution in [2.75, 3.05) is 12.0 Å². The second-order valence-electron chi connectivity index (χ2n) is 9.26. The molecule has 0 bridgehead atoms. The zero-order valence-corrected chi connectivity index (χ0v) is 20.1. The van der Waals surface area contributed by atoms with Crippen LogP contribution in [0.3, 0.4) is 0 Å². The number of carbonyl (C=O) groups is 3. The molecule has 6 nitrogen and oxygen atoms in total. The highest BCUT2D eigenvalue weighted by Crippen LogP contribution is 2.34. The van der Waals surface area contributed by atoms with Gasteiger partial charge in [-0.2, -0.15) is 0 Å². The van der Waals surface area contributed by atoms with Gasteiger partial charge in [-0.25, -0.2) is 9.59 Å². The smallest absolute Gasteiger partial charge is 0.331 e. The highest BCUT2D eigenvalue weighted by molar-refractivity contribution is 5.97. The molecule has 1 amide bonds. The maximum Gasteiger partial charge on any atom is 0.331 e. The minimum atomic E-state index is -0.533. The normalized spacial score (nSPS) is 13.8. The van der Waals surface area contributed by atoms with Gasteiger partial charge in [-0.3, -0.25) is 4.79 Å². The average molecular weight is 462 g/mol. The van der Waals surface area contributed by atoms with Gasteiger partial charge in [-0.05, 0) is 74.6 Å². The van der Waals surface area contributed by atoms with Gasteiger partial charge in [0.2, 0.25) is 5.91 Å². The van der Waals surface area contributed by atoms with Crippen LogP contribution in [0.15, 0.2) is 60.7 Å². The van der Waals surface area contributed by atoms with Gasteiger partial charge < -0.3 is 14.4 Å². The number of anilines is 1. The lowest BCUT2D eigenvalue weighted by molar-refractivity contribution is -0.148. The summed E-state index contributed by atoms with van der Waals surface area (Å²) in [6.45, 7) is 5.91. The highest BCUT2D eigenvalue weighted by Gasteiger charge is 2.34. The molecule has 6 heteroatoms. The second kappa shape index (κ2) is 11.0. The van der Waals surface area contributed by atoms with E-state index in [-0.39, 0.29) is 17.8 Å². The molecule has 1 fully saturated rings. The van der Waals surface area contributed by atoms with Crippen molar-refractivity contribution in [3.8, 4) is 0 Å². The molecule has 0 saturated heterocycles. The third-order valence-electron chi connectivity index (χ3n) is 5.13. The van der Waals surface area contributed by atoms with E-state index in [4.69, 9.17) is 4.74 Å². The summed E-state index contributed by atoms with van der Waals surface area (Å²) < 4.78 is 9.93. The molecular formula is C28H31NO5. The Balaban J connectivity index is 1.75. The first-order chi connectivity index (χ1) is 16.1. The van der Waals surface area contributed by atoms with E-state index in [2.05, 4.69) is 4.74 Å². The van der Waals surface area contributed by atoms with Crippen LogP contribution in [0.5, 0.6) is 0 Å². The molecule has 0 aliphatic heterocycles. The minimum Gasteiger partial charge on any atom is -0.466 e. The Labute approximate surface area is 200 Å². The van der Waals surface area contributed by atoms with Crippen molar-refractivity contribution in [2.24, 2.45) is 5.92 Å². The van der Waals surface area contributed by atoms with Gasteiger partial charge in [-0.1, -0.05) is 36.4 Å². The minimum absolute atomic E-state index is 0.0605. The fourth-order valence-electron chi connectivity index (χ4n) is 3.29. The summed E-state index contributed by atoms with van der Waals surface area (Å²) in [6.07, 6.45) is 7.96. The van der Waals surface area contributed by atoms with E-state index in [0.717, 1.165) is 35.2 Å². The zero-order chi connectivity index (χ0) is 24.7. The van der Waals surface area contributed by atoms with Crippen molar-refractivity contribution in [1.82, 2.24) is 0 Å². The lowest BCUT2D eigenvalue weighted by Crippen LogP contribution is -2.31. The van der Waals surface area contributed by atoms with Crippen molar-refractivity contribution in [2.45, 2.75) is 45.8 Å². The predicted molar refractivity (Wildman–Crippen MR) is 133 cm³/mol. The first-order valence-electron chi connectivity index (χ1n) is 11.3. The highest BCUT2D eigenvalue weighted by atomic mass is 16.6. The SMILES string of the molecule is COC(=O)/C=C/c1cccc(N(Cc2ccc(/C=C/C(=O)OC(C)(C)C)cc2)C(=O)C2CC2)c1. The molecule has 1 aliphatic carbocycles. The van der Waals surface area contributed by atoms with Crippen molar-refractivity contribution < 1.29 is 23.9 Å². The Hall–Kier alpha value is -3.67. The van der Waals surface area contributed by atoms with Gasteiger partial charge in [0, 0.05) is 23.8 Å². The number of esters is 2. The van der Waals surface area contributed by atoms with Crippen LogP contribution in [-0.4, -0.2) is 30.6 Å². The molecule has 1 saturated carbocycles. The second-order valence-corrected chi connectivity index (χ2v) is 9.26. The van der Waals surface area contributed by atoms with Crippen molar-refractivity contribution in [3.05, 3.63) is 77.4 Å². The quantitative estimate of drug-likeness (QED) is 0.401. The lowest BCUT2D eigenvalue weighted by Gasteiger charge is -2.23. The van der Waals surface area contributed by atoms with E-state index in [0.29, 0.717) is 6.54 Å². The molecule has 34 heavy (non-hydrogen) atoms. The fourth-order valence-corrected chi connectivity index (χ4v) is 3.29. The maximum absolute atomic E-state index is 13.1.